The molecule has 0 radical (unpaired) electrons. The number of hydrogen-bond acceptors (Lipinski definition) is 4. The van der Waals surface area contributed by atoms with E-state index in [4.69, 9.17) is 0 Å². The summed E-state index contributed by atoms with van der Waals surface area (Å²) in [4.78, 5) is 25.4. The van der Waals surface area contributed by atoms with Gasteiger partial charge in [0.2, 0.25) is 5.91 Å². The fourth-order valence-corrected chi connectivity index (χ4v) is 3.49. The average Bonchev–Trinajstić information content (AvgIpc) is 2.62. The molecule has 0 aromatic heterocycles. The number of rotatable bonds is 7. The van der Waals surface area contributed by atoms with Gasteiger partial charge in [-0.15, -0.1) is 0 Å². The van der Waals surface area contributed by atoms with Crippen LogP contribution in [-0.2, 0) is 21.1 Å². The van der Waals surface area contributed by atoms with E-state index in [1.807, 2.05) is 0 Å². The van der Waals surface area contributed by atoms with Gasteiger partial charge in [-0.1, -0.05) is 30.3 Å². The fraction of sp³-hybridized carbons (Fsp3) is 0.263. The second kappa shape index (κ2) is 9.18. The highest BCUT2D eigenvalue weighted by atomic mass is 32.2. The van der Waals surface area contributed by atoms with Crippen molar-refractivity contribution < 1.29 is 18.0 Å². The highest BCUT2D eigenvalue weighted by Gasteiger charge is 2.14. The van der Waals surface area contributed by atoms with Gasteiger partial charge in [-0.3, -0.25) is 4.79 Å². The van der Waals surface area contributed by atoms with Crippen molar-refractivity contribution in [2.45, 2.75) is 11.3 Å². The molecule has 0 aliphatic carbocycles. The van der Waals surface area contributed by atoms with E-state index in [0.717, 1.165) is 5.56 Å². The first-order valence-corrected chi connectivity index (χ1v) is 10.0. The second-order valence-corrected chi connectivity index (χ2v) is 8.29. The van der Waals surface area contributed by atoms with Gasteiger partial charge in [0.15, 0.2) is 9.84 Å². The Morgan fingerprint density at radius 1 is 1.00 bits per heavy atom. The summed E-state index contributed by atoms with van der Waals surface area (Å²) < 4.78 is 24.4. The number of anilines is 1. The van der Waals surface area contributed by atoms with Crippen LogP contribution in [0.15, 0.2) is 59.5 Å². The number of benzene rings is 2. The predicted octanol–water partition coefficient (Wildman–Crippen LogP) is 1.91. The highest BCUT2D eigenvalue weighted by Crippen LogP contribution is 2.12. The maximum absolute atomic E-state index is 12.2. The van der Waals surface area contributed by atoms with Gasteiger partial charge in [-0.05, 0) is 29.8 Å². The Balaban J connectivity index is 1.86. The summed E-state index contributed by atoms with van der Waals surface area (Å²) in [5, 5.41) is 5.33. The van der Waals surface area contributed by atoms with Gasteiger partial charge in [0.25, 0.3) is 0 Å². The number of sulfone groups is 1. The standard InChI is InChI=1S/C19H23N3O4S/c1-22(2)19(24)21-16-8-6-7-15(13-16)14-18(23)20-11-12-27(25,26)17-9-4-3-5-10-17/h3-10,13H,11-12,14H2,1-2H3,(H,20,23)(H,21,24). The van der Waals surface area contributed by atoms with Gasteiger partial charge in [-0.25, -0.2) is 13.2 Å². The number of nitrogens with one attached hydrogen (secondary N) is 2. The normalized spacial score (nSPS) is 10.9. The zero-order chi connectivity index (χ0) is 19.9. The molecule has 3 amide bonds. The molecular formula is C19H23N3O4S. The molecule has 0 aliphatic heterocycles. The molecule has 0 fully saturated rings. The van der Waals surface area contributed by atoms with Crippen molar-refractivity contribution in [3.63, 3.8) is 0 Å². The van der Waals surface area contributed by atoms with E-state index in [1.165, 1.54) is 17.0 Å². The summed E-state index contributed by atoms with van der Waals surface area (Å²) in [5.41, 5.74) is 1.31. The van der Waals surface area contributed by atoms with Crippen LogP contribution in [0.4, 0.5) is 10.5 Å². The van der Waals surface area contributed by atoms with E-state index in [1.54, 1.807) is 56.6 Å². The lowest BCUT2D eigenvalue weighted by Crippen LogP contribution is -2.30. The van der Waals surface area contributed by atoms with Crippen molar-refractivity contribution in [1.82, 2.24) is 10.2 Å². The van der Waals surface area contributed by atoms with Crippen molar-refractivity contribution >= 4 is 27.5 Å². The van der Waals surface area contributed by atoms with Gasteiger partial charge in [0, 0.05) is 26.3 Å². The Labute approximate surface area is 159 Å². The van der Waals surface area contributed by atoms with Crippen molar-refractivity contribution in [3.8, 4) is 0 Å². The molecule has 0 spiro atoms. The molecule has 0 bridgehead atoms. The number of hydrogen-bond donors (Lipinski definition) is 2. The lowest BCUT2D eigenvalue weighted by Gasteiger charge is -2.12. The van der Waals surface area contributed by atoms with Gasteiger partial charge in [0.1, 0.15) is 0 Å². The van der Waals surface area contributed by atoms with E-state index in [9.17, 15) is 18.0 Å². The first-order valence-electron chi connectivity index (χ1n) is 8.40. The van der Waals surface area contributed by atoms with Crippen LogP contribution in [-0.4, -0.2) is 51.6 Å². The van der Waals surface area contributed by atoms with Crippen LogP contribution in [0.25, 0.3) is 0 Å². The van der Waals surface area contributed by atoms with Crippen LogP contribution in [0, 0.1) is 0 Å². The molecule has 0 atom stereocenters. The first-order chi connectivity index (χ1) is 12.8. The van der Waals surface area contributed by atoms with E-state index in [-0.39, 0.29) is 35.6 Å². The fourth-order valence-electron chi connectivity index (χ4n) is 2.31. The second-order valence-electron chi connectivity index (χ2n) is 6.18. The summed E-state index contributed by atoms with van der Waals surface area (Å²) in [6.45, 7) is 0.0348. The van der Waals surface area contributed by atoms with Crippen LogP contribution < -0.4 is 10.6 Å². The molecule has 2 aromatic carbocycles. The molecule has 0 heterocycles. The minimum atomic E-state index is -3.42. The Hall–Kier alpha value is -2.87. The maximum Gasteiger partial charge on any atom is 0.321 e. The molecule has 2 aromatic rings. The molecule has 0 aliphatic rings. The van der Waals surface area contributed by atoms with Crippen molar-refractivity contribution in [2.75, 3.05) is 31.7 Å². The molecular weight excluding hydrogens is 366 g/mol. The Bertz CT molecular complexity index is 896. The third kappa shape index (κ3) is 6.41. The lowest BCUT2D eigenvalue weighted by atomic mass is 10.1. The monoisotopic (exact) mass is 389 g/mol. The van der Waals surface area contributed by atoms with E-state index >= 15 is 0 Å². The minimum Gasteiger partial charge on any atom is -0.355 e. The summed E-state index contributed by atoms with van der Waals surface area (Å²) in [5.74, 6) is -0.448. The predicted molar refractivity (Wildman–Crippen MR) is 104 cm³/mol. The average molecular weight is 389 g/mol. The Morgan fingerprint density at radius 2 is 1.70 bits per heavy atom. The molecule has 0 unspecified atom stereocenters. The van der Waals surface area contributed by atoms with Gasteiger partial charge in [-0.2, -0.15) is 0 Å². The Morgan fingerprint density at radius 3 is 2.37 bits per heavy atom. The van der Waals surface area contributed by atoms with Gasteiger partial charge >= 0.3 is 6.03 Å². The van der Waals surface area contributed by atoms with E-state index < -0.39 is 9.84 Å². The summed E-state index contributed by atoms with van der Waals surface area (Å²) in [6, 6.07) is 14.8. The number of amides is 3. The van der Waals surface area contributed by atoms with E-state index in [2.05, 4.69) is 10.6 Å². The third-order valence-corrected chi connectivity index (χ3v) is 5.48. The van der Waals surface area contributed by atoms with Crippen LogP contribution in [0.3, 0.4) is 0 Å². The van der Waals surface area contributed by atoms with Crippen molar-refractivity contribution in [1.29, 1.82) is 0 Å². The van der Waals surface area contributed by atoms with Crippen molar-refractivity contribution in [2.24, 2.45) is 0 Å². The van der Waals surface area contributed by atoms with Crippen LogP contribution in [0.5, 0.6) is 0 Å². The zero-order valence-corrected chi connectivity index (χ0v) is 16.1. The number of urea groups is 1. The molecule has 0 saturated carbocycles. The first kappa shape index (κ1) is 20.4. The molecule has 2 N–H and O–H groups in total. The molecule has 0 saturated heterocycles. The lowest BCUT2D eigenvalue weighted by molar-refractivity contribution is -0.120. The summed E-state index contributed by atoms with van der Waals surface area (Å²) >= 11 is 0. The summed E-state index contributed by atoms with van der Waals surface area (Å²) in [6.07, 6.45) is 0.0943. The zero-order valence-electron chi connectivity index (χ0n) is 15.3. The van der Waals surface area contributed by atoms with E-state index in [0.29, 0.717) is 5.69 Å². The minimum absolute atomic E-state index is 0.0348. The highest BCUT2D eigenvalue weighted by molar-refractivity contribution is 7.91. The van der Waals surface area contributed by atoms with Crippen molar-refractivity contribution in [3.05, 3.63) is 60.2 Å². The Kier molecular flexibility index (Phi) is 6.95. The smallest absolute Gasteiger partial charge is 0.321 e. The number of carbonyl (C=O) groups excluding carboxylic acids is 2. The largest absolute Gasteiger partial charge is 0.355 e. The maximum atomic E-state index is 12.2. The molecule has 2 rings (SSSR count). The summed E-state index contributed by atoms with van der Waals surface area (Å²) in [7, 11) is -0.154. The third-order valence-electron chi connectivity index (χ3n) is 3.74. The number of nitrogens with zero attached hydrogens (tertiary/aromatic N) is 1. The van der Waals surface area contributed by atoms with Crippen LogP contribution >= 0.6 is 0 Å². The molecule has 144 valence electrons. The topological polar surface area (TPSA) is 95.6 Å². The van der Waals surface area contributed by atoms with Crippen LogP contribution in [0.1, 0.15) is 5.56 Å². The molecule has 8 heteroatoms. The quantitative estimate of drug-likeness (QED) is 0.756. The SMILES string of the molecule is CN(C)C(=O)Nc1cccc(CC(=O)NCCS(=O)(=O)c2ccccc2)c1. The van der Waals surface area contributed by atoms with Gasteiger partial charge in [0.05, 0.1) is 17.1 Å². The number of carbonyl (C=O) groups is 2. The molecule has 7 nitrogen and oxygen atoms in total. The van der Waals surface area contributed by atoms with Crippen LogP contribution in [0.2, 0.25) is 0 Å². The molecule has 27 heavy (non-hydrogen) atoms. The van der Waals surface area contributed by atoms with Gasteiger partial charge < -0.3 is 15.5 Å².